The smallest absolute Gasteiger partial charge is 0.295 e. The Kier molecular flexibility index (Phi) is 7.51. The molecule has 1 saturated heterocycles. The van der Waals surface area contributed by atoms with E-state index in [1.807, 2.05) is 24.3 Å². The molecule has 1 amide bonds. The fourth-order valence-corrected chi connectivity index (χ4v) is 4.15. The number of ether oxygens (including phenoxy) is 1. The first-order valence-electron chi connectivity index (χ1n) is 11.5. The highest BCUT2D eigenvalue weighted by atomic mass is 35.5. The summed E-state index contributed by atoms with van der Waals surface area (Å²) in [5.41, 5.74) is 1.94. The van der Waals surface area contributed by atoms with Crippen molar-refractivity contribution in [3.05, 3.63) is 100 Å². The maximum atomic E-state index is 13.2. The monoisotopic (exact) mass is 490 g/mol. The van der Waals surface area contributed by atoms with Crippen LogP contribution in [0.3, 0.4) is 0 Å². The molecular formula is C28H27ClN2O4. The number of aromatic nitrogens is 1. The summed E-state index contributed by atoms with van der Waals surface area (Å²) >= 11 is 6.00. The molecule has 180 valence electrons. The number of nitrogens with zero attached hydrogens (tertiary/aromatic N) is 2. The number of rotatable bonds is 8. The minimum Gasteiger partial charge on any atom is -0.507 e. The molecule has 1 aliphatic heterocycles. The SMILES string of the molecule is CC(C)CCOc1cccc(C2/C(=C(\O)c3ccc(Cl)cc3)C(=O)C(=O)N2Cc2ccncc2)c1. The van der Waals surface area contributed by atoms with Gasteiger partial charge in [-0.2, -0.15) is 0 Å². The van der Waals surface area contributed by atoms with Crippen LogP contribution in [0.1, 0.15) is 43.0 Å². The number of halogens is 1. The van der Waals surface area contributed by atoms with Crippen LogP contribution in [0.15, 0.2) is 78.6 Å². The van der Waals surface area contributed by atoms with E-state index in [4.69, 9.17) is 16.3 Å². The van der Waals surface area contributed by atoms with Gasteiger partial charge in [-0.3, -0.25) is 14.6 Å². The molecule has 0 saturated carbocycles. The molecule has 1 fully saturated rings. The standard InChI is InChI=1S/C28H27ClN2O4/c1-18(2)12-15-35-23-5-3-4-21(16-23)25-24(26(32)20-6-8-22(29)9-7-20)27(33)28(34)31(25)17-19-10-13-30-14-11-19/h3-11,13-14,16,18,25,32H,12,15,17H2,1-2H3/b26-24+. The first kappa shape index (κ1) is 24.5. The van der Waals surface area contributed by atoms with Crippen LogP contribution in [0, 0.1) is 5.92 Å². The molecule has 0 bridgehead atoms. The van der Waals surface area contributed by atoms with Gasteiger partial charge in [-0.15, -0.1) is 0 Å². The quantitative estimate of drug-likeness (QED) is 0.246. The average molecular weight is 491 g/mol. The molecule has 0 spiro atoms. The largest absolute Gasteiger partial charge is 0.507 e. The summed E-state index contributed by atoms with van der Waals surface area (Å²) < 4.78 is 5.93. The Hall–Kier alpha value is -3.64. The Morgan fingerprint density at radius 1 is 1.09 bits per heavy atom. The predicted octanol–water partition coefficient (Wildman–Crippen LogP) is 5.78. The lowest BCUT2D eigenvalue weighted by atomic mass is 9.95. The third-order valence-electron chi connectivity index (χ3n) is 5.90. The van der Waals surface area contributed by atoms with Crippen molar-refractivity contribution in [1.29, 1.82) is 0 Å². The second kappa shape index (κ2) is 10.7. The minimum atomic E-state index is -0.785. The van der Waals surface area contributed by atoms with Gasteiger partial charge in [-0.25, -0.2) is 0 Å². The van der Waals surface area contributed by atoms with Gasteiger partial charge in [0.15, 0.2) is 0 Å². The van der Waals surface area contributed by atoms with Crippen LogP contribution in [-0.4, -0.2) is 33.3 Å². The van der Waals surface area contributed by atoms with E-state index >= 15 is 0 Å². The summed E-state index contributed by atoms with van der Waals surface area (Å²) in [4.78, 5) is 31.9. The van der Waals surface area contributed by atoms with E-state index in [0.29, 0.717) is 34.4 Å². The maximum absolute atomic E-state index is 13.2. The van der Waals surface area contributed by atoms with Crippen molar-refractivity contribution in [2.45, 2.75) is 32.9 Å². The van der Waals surface area contributed by atoms with Crippen LogP contribution < -0.4 is 4.74 Å². The molecule has 0 aliphatic carbocycles. The van der Waals surface area contributed by atoms with Gasteiger partial charge in [0.1, 0.15) is 11.5 Å². The number of hydrogen-bond acceptors (Lipinski definition) is 5. The molecule has 0 radical (unpaired) electrons. The number of carbonyl (C=O) groups excluding carboxylic acids is 2. The molecule has 3 aromatic rings. The second-order valence-corrected chi connectivity index (χ2v) is 9.33. The van der Waals surface area contributed by atoms with Crippen LogP contribution in [0.2, 0.25) is 5.02 Å². The van der Waals surface area contributed by atoms with Gasteiger partial charge in [-0.05, 0) is 72.0 Å². The van der Waals surface area contributed by atoms with Crippen molar-refractivity contribution in [3.63, 3.8) is 0 Å². The molecule has 2 heterocycles. The van der Waals surface area contributed by atoms with Crippen molar-refractivity contribution in [2.75, 3.05) is 6.61 Å². The lowest BCUT2D eigenvalue weighted by molar-refractivity contribution is -0.140. The highest BCUT2D eigenvalue weighted by Gasteiger charge is 2.46. The van der Waals surface area contributed by atoms with Crippen molar-refractivity contribution in [2.24, 2.45) is 5.92 Å². The van der Waals surface area contributed by atoms with Gasteiger partial charge in [-0.1, -0.05) is 37.6 Å². The van der Waals surface area contributed by atoms with Crippen molar-refractivity contribution in [3.8, 4) is 5.75 Å². The molecule has 1 atom stereocenters. The van der Waals surface area contributed by atoms with E-state index in [9.17, 15) is 14.7 Å². The number of likely N-dealkylation sites (tertiary alicyclic amines) is 1. The van der Waals surface area contributed by atoms with E-state index in [0.717, 1.165) is 12.0 Å². The van der Waals surface area contributed by atoms with Gasteiger partial charge in [0.05, 0.1) is 18.2 Å². The molecular weight excluding hydrogens is 464 g/mol. The van der Waals surface area contributed by atoms with Crippen LogP contribution in [0.25, 0.3) is 5.76 Å². The van der Waals surface area contributed by atoms with E-state index in [1.54, 1.807) is 48.8 Å². The average Bonchev–Trinajstić information content (AvgIpc) is 3.09. The molecule has 2 aromatic carbocycles. The van der Waals surface area contributed by atoms with E-state index < -0.39 is 17.7 Å². The minimum absolute atomic E-state index is 0.0331. The fraction of sp³-hybridized carbons (Fsp3) is 0.250. The first-order chi connectivity index (χ1) is 16.8. The lowest BCUT2D eigenvalue weighted by Crippen LogP contribution is -2.29. The maximum Gasteiger partial charge on any atom is 0.295 e. The van der Waals surface area contributed by atoms with E-state index in [1.165, 1.54) is 4.90 Å². The Morgan fingerprint density at radius 3 is 2.49 bits per heavy atom. The van der Waals surface area contributed by atoms with Crippen LogP contribution in [0.5, 0.6) is 5.75 Å². The van der Waals surface area contributed by atoms with E-state index in [2.05, 4.69) is 18.8 Å². The Morgan fingerprint density at radius 2 is 1.80 bits per heavy atom. The van der Waals surface area contributed by atoms with Crippen molar-refractivity contribution < 1.29 is 19.4 Å². The summed E-state index contributed by atoms with van der Waals surface area (Å²) in [5, 5.41) is 11.7. The Labute approximate surface area is 209 Å². The molecule has 4 rings (SSSR count). The van der Waals surface area contributed by atoms with Crippen molar-refractivity contribution >= 4 is 29.1 Å². The topological polar surface area (TPSA) is 79.7 Å². The number of hydrogen-bond donors (Lipinski definition) is 1. The third kappa shape index (κ3) is 5.54. The second-order valence-electron chi connectivity index (χ2n) is 8.89. The molecule has 7 heteroatoms. The number of aliphatic hydroxyl groups is 1. The summed E-state index contributed by atoms with van der Waals surface area (Å²) in [6.07, 6.45) is 4.18. The van der Waals surface area contributed by atoms with Gasteiger partial charge in [0.2, 0.25) is 0 Å². The summed E-state index contributed by atoms with van der Waals surface area (Å²) in [6, 6.07) is 16.6. The molecule has 1 N–H and O–H groups in total. The van der Waals surface area contributed by atoms with Crippen LogP contribution >= 0.6 is 11.6 Å². The fourth-order valence-electron chi connectivity index (χ4n) is 4.02. The molecule has 1 aromatic heterocycles. The summed E-state index contributed by atoms with van der Waals surface area (Å²) in [6.45, 7) is 5.00. The number of carbonyl (C=O) groups is 2. The highest BCUT2D eigenvalue weighted by molar-refractivity contribution is 6.46. The number of ketones is 1. The normalized spacial score (nSPS) is 17.3. The first-order valence-corrected chi connectivity index (χ1v) is 11.9. The third-order valence-corrected chi connectivity index (χ3v) is 6.15. The summed E-state index contributed by atoms with van der Waals surface area (Å²) in [7, 11) is 0. The zero-order chi connectivity index (χ0) is 24.9. The molecule has 35 heavy (non-hydrogen) atoms. The highest BCUT2D eigenvalue weighted by Crippen LogP contribution is 2.41. The number of Topliss-reactive ketones (excluding diaryl/α,β-unsaturated/α-hetero) is 1. The predicted molar refractivity (Wildman–Crippen MR) is 135 cm³/mol. The summed E-state index contributed by atoms with van der Waals surface area (Å²) in [5.74, 6) is -0.501. The van der Waals surface area contributed by atoms with Gasteiger partial charge in [0.25, 0.3) is 11.7 Å². The number of pyridine rings is 1. The van der Waals surface area contributed by atoms with Gasteiger partial charge in [0, 0.05) is 29.5 Å². The van der Waals surface area contributed by atoms with E-state index in [-0.39, 0.29) is 17.9 Å². The Bertz CT molecular complexity index is 1240. The number of amides is 1. The van der Waals surface area contributed by atoms with Crippen LogP contribution in [0.4, 0.5) is 0 Å². The van der Waals surface area contributed by atoms with Crippen LogP contribution in [-0.2, 0) is 16.1 Å². The Balaban J connectivity index is 1.78. The molecule has 1 unspecified atom stereocenters. The zero-order valence-electron chi connectivity index (χ0n) is 19.6. The molecule has 1 aliphatic rings. The molecule has 6 nitrogen and oxygen atoms in total. The lowest BCUT2D eigenvalue weighted by Gasteiger charge is -2.26. The number of aliphatic hydroxyl groups excluding tert-OH is 1. The zero-order valence-corrected chi connectivity index (χ0v) is 20.4. The number of benzene rings is 2. The van der Waals surface area contributed by atoms with Gasteiger partial charge >= 0.3 is 0 Å². The van der Waals surface area contributed by atoms with Gasteiger partial charge < -0.3 is 14.7 Å². The van der Waals surface area contributed by atoms with Crippen molar-refractivity contribution in [1.82, 2.24) is 9.88 Å².